The first-order chi connectivity index (χ1) is 15.4. The van der Waals surface area contributed by atoms with E-state index < -0.39 is 39.4 Å². The number of nitrogens with two attached hydrogens (primary N) is 1. The van der Waals surface area contributed by atoms with E-state index in [4.69, 9.17) is 19.9 Å². The number of rotatable bonds is 7. The van der Waals surface area contributed by atoms with Crippen molar-refractivity contribution in [3.8, 4) is 5.75 Å². The molecule has 1 atom stereocenters. The molecule has 0 spiro atoms. The number of fused-ring (bicyclic) bond motifs is 1. The van der Waals surface area contributed by atoms with Crippen LogP contribution in [0.25, 0.3) is 10.2 Å². The minimum atomic E-state index is -3.89. The summed E-state index contributed by atoms with van der Waals surface area (Å²) in [4.78, 5) is 29.2. The summed E-state index contributed by atoms with van der Waals surface area (Å²) in [6.07, 6.45) is 0. The Labute approximate surface area is 195 Å². The monoisotopic (exact) mass is 492 g/mol. The van der Waals surface area contributed by atoms with Crippen molar-refractivity contribution in [1.82, 2.24) is 4.98 Å². The number of ether oxygens (including phenoxy) is 3. The number of thiophene rings is 1. The lowest BCUT2D eigenvalue weighted by Crippen LogP contribution is -2.27. The molecule has 3 aromatic rings. The third kappa shape index (κ3) is 5.49. The standard InChI is InChI=1S/C22H24N2O7S2/c1-22(2,3)31-16(25)12-30-17-14-10-11-15(24-20(14)32-18(17)21(26)29-4)19(23)33(27,28)13-8-6-5-7-9-13/h5-11,19H,12,23H2,1-4H3. The summed E-state index contributed by atoms with van der Waals surface area (Å²) in [5, 5.41) is -1.00. The van der Waals surface area contributed by atoms with Gasteiger partial charge in [0, 0.05) is 0 Å². The topological polar surface area (TPSA) is 135 Å². The van der Waals surface area contributed by atoms with Gasteiger partial charge < -0.3 is 19.9 Å². The van der Waals surface area contributed by atoms with Gasteiger partial charge in [0.1, 0.15) is 10.4 Å². The van der Waals surface area contributed by atoms with E-state index in [0.29, 0.717) is 10.2 Å². The van der Waals surface area contributed by atoms with E-state index in [1.165, 1.54) is 25.3 Å². The van der Waals surface area contributed by atoms with Gasteiger partial charge in [-0.3, -0.25) is 0 Å². The number of aromatic nitrogens is 1. The minimum Gasteiger partial charge on any atom is -0.479 e. The number of carbonyl (C=O) groups is 2. The summed E-state index contributed by atoms with van der Waals surface area (Å²) in [5.74, 6) is -1.19. The number of nitrogens with zero attached hydrogens (tertiary/aromatic N) is 1. The maximum absolute atomic E-state index is 12.9. The molecule has 0 fully saturated rings. The molecule has 0 bridgehead atoms. The van der Waals surface area contributed by atoms with Crippen LogP contribution in [-0.2, 0) is 24.1 Å². The molecule has 0 saturated heterocycles. The predicted octanol–water partition coefficient (Wildman–Crippen LogP) is 3.23. The molecule has 33 heavy (non-hydrogen) atoms. The second-order valence-electron chi connectivity index (χ2n) is 7.99. The number of hydrogen-bond acceptors (Lipinski definition) is 10. The van der Waals surface area contributed by atoms with Gasteiger partial charge in [-0.05, 0) is 45.0 Å². The Morgan fingerprint density at radius 2 is 1.79 bits per heavy atom. The zero-order valence-electron chi connectivity index (χ0n) is 18.5. The number of esters is 2. The Balaban J connectivity index is 1.97. The molecule has 0 aliphatic heterocycles. The first-order valence-corrected chi connectivity index (χ1v) is 12.2. The van der Waals surface area contributed by atoms with Crippen LogP contribution < -0.4 is 10.5 Å². The second-order valence-corrected chi connectivity index (χ2v) is 11.1. The molecule has 0 saturated carbocycles. The van der Waals surface area contributed by atoms with Crippen molar-refractivity contribution >= 4 is 43.3 Å². The van der Waals surface area contributed by atoms with Gasteiger partial charge in [0.05, 0.1) is 23.1 Å². The van der Waals surface area contributed by atoms with Crippen LogP contribution in [0.5, 0.6) is 5.75 Å². The van der Waals surface area contributed by atoms with Crippen LogP contribution in [0.4, 0.5) is 0 Å². The van der Waals surface area contributed by atoms with Gasteiger partial charge in [-0.15, -0.1) is 11.3 Å². The van der Waals surface area contributed by atoms with Gasteiger partial charge in [-0.25, -0.2) is 23.0 Å². The van der Waals surface area contributed by atoms with Crippen molar-refractivity contribution in [2.75, 3.05) is 13.7 Å². The first kappa shape index (κ1) is 24.6. The molecule has 0 aliphatic carbocycles. The molecule has 0 amide bonds. The summed E-state index contributed by atoms with van der Waals surface area (Å²) >= 11 is 0.946. The maximum atomic E-state index is 12.9. The second kappa shape index (κ2) is 9.46. The highest BCUT2D eigenvalue weighted by Crippen LogP contribution is 2.38. The van der Waals surface area contributed by atoms with Crippen molar-refractivity contribution in [2.45, 2.75) is 36.6 Å². The molecule has 11 heteroatoms. The van der Waals surface area contributed by atoms with Crippen molar-refractivity contribution in [2.24, 2.45) is 5.73 Å². The average Bonchev–Trinajstić information content (AvgIpc) is 3.13. The third-order valence-electron chi connectivity index (χ3n) is 4.35. The fraction of sp³-hybridized carbons (Fsp3) is 0.318. The number of carbonyl (C=O) groups excluding carboxylic acids is 2. The average molecular weight is 493 g/mol. The molecule has 2 N–H and O–H groups in total. The highest BCUT2D eigenvalue weighted by Gasteiger charge is 2.29. The fourth-order valence-electron chi connectivity index (χ4n) is 2.92. The smallest absolute Gasteiger partial charge is 0.351 e. The van der Waals surface area contributed by atoms with Crippen LogP contribution in [0.2, 0.25) is 0 Å². The largest absolute Gasteiger partial charge is 0.479 e. The SMILES string of the molecule is COC(=O)c1sc2nc(C(N)S(=O)(=O)c3ccccc3)ccc2c1OCC(=O)OC(C)(C)C. The Kier molecular flexibility index (Phi) is 7.06. The molecule has 0 radical (unpaired) electrons. The minimum absolute atomic E-state index is 0.0715. The molecule has 3 rings (SSSR count). The van der Waals surface area contributed by atoms with Gasteiger partial charge in [-0.1, -0.05) is 18.2 Å². The van der Waals surface area contributed by atoms with E-state index in [1.54, 1.807) is 45.0 Å². The van der Waals surface area contributed by atoms with E-state index in [0.717, 1.165) is 11.3 Å². The van der Waals surface area contributed by atoms with Gasteiger partial charge in [0.15, 0.2) is 32.4 Å². The molecule has 1 unspecified atom stereocenters. The normalized spacial score (nSPS) is 12.9. The molecule has 0 aliphatic rings. The van der Waals surface area contributed by atoms with E-state index in [-0.39, 0.29) is 21.2 Å². The molecular weight excluding hydrogens is 468 g/mol. The summed E-state index contributed by atoms with van der Waals surface area (Å²) < 4.78 is 41.4. The van der Waals surface area contributed by atoms with Crippen molar-refractivity contribution in [3.05, 3.63) is 53.0 Å². The summed E-state index contributed by atoms with van der Waals surface area (Å²) in [6, 6.07) is 10.8. The zero-order valence-corrected chi connectivity index (χ0v) is 20.2. The van der Waals surface area contributed by atoms with Crippen LogP contribution in [0.3, 0.4) is 0 Å². The van der Waals surface area contributed by atoms with E-state index >= 15 is 0 Å². The lowest BCUT2D eigenvalue weighted by molar-refractivity contribution is -0.157. The van der Waals surface area contributed by atoms with Crippen LogP contribution in [-0.4, -0.2) is 44.7 Å². The van der Waals surface area contributed by atoms with Crippen LogP contribution in [0, 0.1) is 0 Å². The Bertz CT molecular complexity index is 1280. The molecular formula is C22H24N2O7S2. The number of benzene rings is 1. The lowest BCUT2D eigenvalue weighted by atomic mass is 10.2. The fourth-order valence-corrected chi connectivity index (χ4v) is 5.24. The molecule has 176 valence electrons. The number of hydrogen-bond donors (Lipinski definition) is 1. The molecule has 1 aromatic carbocycles. The van der Waals surface area contributed by atoms with Crippen LogP contribution in [0.1, 0.15) is 41.5 Å². The van der Waals surface area contributed by atoms with E-state index in [1.807, 2.05) is 0 Å². The number of sulfone groups is 1. The number of pyridine rings is 1. The molecule has 9 nitrogen and oxygen atoms in total. The maximum Gasteiger partial charge on any atom is 0.351 e. The van der Waals surface area contributed by atoms with Crippen molar-refractivity contribution < 1.29 is 32.2 Å². The van der Waals surface area contributed by atoms with Gasteiger partial charge in [-0.2, -0.15) is 0 Å². The van der Waals surface area contributed by atoms with E-state index in [9.17, 15) is 18.0 Å². The molecule has 2 aromatic heterocycles. The number of methoxy groups -OCH3 is 1. The van der Waals surface area contributed by atoms with Crippen LogP contribution in [0.15, 0.2) is 47.4 Å². The summed E-state index contributed by atoms with van der Waals surface area (Å²) in [5.41, 5.74) is 5.46. The van der Waals surface area contributed by atoms with Gasteiger partial charge in [0.25, 0.3) is 0 Å². The predicted molar refractivity (Wildman–Crippen MR) is 123 cm³/mol. The zero-order chi connectivity index (χ0) is 24.4. The van der Waals surface area contributed by atoms with Crippen molar-refractivity contribution in [3.63, 3.8) is 0 Å². The van der Waals surface area contributed by atoms with Crippen LogP contribution >= 0.6 is 11.3 Å². The quantitative estimate of drug-likeness (QED) is 0.493. The van der Waals surface area contributed by atoms with Gasteiger partial charge in [0.2, 0.25) is 0 Å². The first-order valence-electron chi connectivity index (χ1n) is 9.85. The highest BCUT2D eigenvalue weighted by atomic mass is 32.2. The Hall–Kier alpha value is -3.02. The molecule has 2 heterocycles. The van der Waals surface area contributed by atoms with Gasteiger partial charge >= 0.3 is 11.9 Å². The Morgan fingerprint density at radius 3 is 2.39 bits per heavy atom. The summed E-state index contributed by atoms with van der Waals surface area (Å²) in [6.45, 7) is 4.74. The van der Waals surface area contributed by atoms with Crippen molar-refractivity contribution in [1.29, 1.82) is 0 Å². The Morgan fingerprint density at radius 1 is 1.12 bits per heavy atom. The summed E-state index contributed by atoms with van der Waals surface area (Å²) in [7, 11) is -2.67. The van der Waals surface area contributed by atoms with E-state index in [2.05, 4.69) is 4.98 Å². The highest BCUT2D eigenvalue weighted by molar-refractivity contribution is 7.91. The lowest BCUT2D eigenvalue weighted by Gasteiger charge is -2.19. The third-order valence-corrected chi connectivity index (χ3v) is 7.25.